The molecule has 6 heteroatoms. The first kappa shape index (κ1) is 19.4. The maximum absolute atomic E-state index is 12.6. The van der Waals surface area contributed by atoms with Gasteiger partial charge in [-0.25, -0.2) is 13.1 Å². The topological polar surface area (TPSA) is 49.4 Å². The molecule has 0 amide bonds. The number of likely N-dealkylation sites (tertiary alicyclic amines) is 1. The van der Waals surface area contributed by atoms with Gasteiger partial charge in [0.15, 0.2) is 0 Å². The number of nitrogens with zero attached hydrogens (tertiary/aromatic N) is 1. The van der Waals surface area contributed by atoms with Gasteiger partial charge in [0.05, 0.1) is 4.90 Å². The van der Waals surface area contributed by atoms with Gasteiger partial charge < -0.3 is 0 Å². The van der Waals surface area contributed by atoms with Gasteiger partial charge in [-0.05, 0) is 62.0 Å². The maximum Gasteiger partial charge on any atom is 0.240 e. The van der Waals surface area contributed by atoms with Crippen LogP contribution in [-0.2, 0) is 16.6 Å². The summed E-state index contributed by atoms with van der Waals surface area (Å²) in [4.78, 5) is 2.70. The molecule has 0 spiro atoms. The second-order valence-corrected chi connectivity index (χ2v) is 9.06. The highest BCUT2D eigenvalue weighted by molar-refractivity contribution is 7.89. The summed E-state index contributed by atoms with van der Waals surface area (Å²) < 4.78 is 27.9. The Kier molecular flexibility index (Phi) is 6.35. The average Bonchev–Trinajstić information content (AvgIpc) is 2.64. The number of hydrogen-bond acceptors (Lipinski definition) is 3. The lowest BCUT2D eigenvalue weighted by Gasteiger charge is -2.32. The van der Waals surface area contributed by atoms with Crippen molar-refractivity contribution in [1.82, 2.24) is 9.62 Å². The van der Waals surface area contributed by atoms with Crippen LogP contribution >= 0.6 is 11.6 Å². The standard InChI is InChI=1S/C20H25ClN2O2S/c1-16-19(21)8-5-9-20(16)26(24,25)22-14-17-10-12-23(13-11-17)15-18-6-3-2-4-7-18/h2-9,17,22H,10-15H2,1H3. The summed E-state index contributed by atoms with van der Waals surface area (Å²) in [5, 5.41) is 0.474. The molecule has 1 aliphatic heterocycles. The molecule has 1 fully saturated rings. The molecule has 1 aliphatic rings. The Bertz CT molecular complexity index is 832. The Balaban J connectivity index is 1.51. The zero-order chi connectivity index (χ0) is 18.6. The molecule has 0 bridgehead atoms. The zero-order valence-electron chi connectivity index (χ0n) is 15.0. The van der Waals surface area contributed by atoms with E-state index >= 15 is 0 Å². The number of piperidine rings is 1. The van der Waals surface area contributed by atoms with E-state index in [4.69, 9.17) is 11.6 Å². The van der Waals surface area contributed by atoms with Gasteiger partial charge in [0.25, 0.3) is 0 Å². The highest BCUT2D eigenvalue weighted by Crippen LogP contribution is 2.23. The van der Waals surface area contributed by atoms with Crippen molar-refractivity contribution >= 4 is 21.6 Å². The van der Waals surface area contributed by atoms with Crippen LogP contribution in [0.3, 0.4) is 0 Å². The van der Waals surface area contributed by atoms with Gasteiger partial charge in [-0.2, -0.15) is 0 Å². The Morgan fingerprint density at radius 1 is 1.08 bits per heavy atom. The largest absolute Gasteiger partial charge is 0.299 e. The molecule has 2 aromatic carbocycles. The minimum Gasteiger partial charge on any atom is -0.299 e. The number of sulfonamides is 1. The van der Waals surface area contributed by atoms with Gasteiger partial charge >= 0.3 is 0 Å². The molecule has 0 atom stereocenters. The summed E-state index contributed by atoms with van der Waals surface area (Å²) in [6.07, 6.45) is 2.01. The van der Waals surface area contributed by atoms with E-state index in [-0.39, 0.29) is 4.90 Å². The molecular weight excluding hydrogens is 368 g/mol. The van der Waals surface area contributed by atoms with Crippen molar-refractivity contribution in [2.24, 2.45) is 5.92 Å². The minimum atomic E-state index is -3.52. The van der Waals surface area contributed by atoms with Crippen LogP contribution in [0.15, 0.2) is 53.4 Å². The summed E-state index contributed by atoms with van der Waals surface area (Å²) in [6, 6.07) is 15.4. The molecule has 2 aromatic rings. The van der Waals surface area contributed by atoms with Gasteiger partial charge in [-0.15, -0.1) is 0 Å². The molecule has 140 valence electrons. The number of halogens is 1. The van der Waals surface area contributed by atoms with E-state index in [0.29, 0.717) is 23.0 Å². The number of benzene rings is 2. The monoisotopic (exact) mass is 392 g/mol. The molecule has 0 radical (unpaired) electrons. The van der Waals surface area contributed by atoms with Crippen molar-refractivity contribution in [3.05, 3.63) is 64.7 Å². The fourth-order valence-electron chi connectivity index (χ4n) is 3.37. The summed E-state index contributed by atoms with van der Waals surface area (Å²) in [5.41, 5.74) is 1.92. The summed E-state index contributed by atoms with van der Waals surface area (Å²) >= 11 is 6.05. The molecule has 0 aromatic heterocycles. The van der Waals surface area contributed by atoms with E-state index in [0.717, 1.165) is 32.5 Å². The van der Waals surface area contributed by atoms with E-state index in [1.54, 1.807) is 25.1 Å². The number of hydrogen-bond donors (Lipinski definition) is 1. The number of rotatable bonds is 6. The summed E-state index contributed by atoms with van der Waals surface area (Å²) in [6.45, 7) is 5.17. The lowest BCUT2D eigenvalue weighted by atomic mass is 9.97. The van der Waals surface area contributed by atoms with Crippen LogP contribution in [-0.4, -0.2) is 33.0 Å². The van der Waals surface area contributed by atoms with Gasteiger partial charge in [-0.1, -0.05) is 48.0 Å². The van der Waals surface area contributed by atoms with E-state index in [1.807, 2.05) is 6.07 Å². The van der Waals surface area contributed by atoms with Gasteiger partial charge in [0, 0.05) is 18.1 Å². The zero-order valence-corrected chi connectivity index (χ0v) is 16.6. The van der Waals surface area contributed by atoms with Crippen molar-refractivity contribution in [3.63, 3.8) is 0 Å². The Labute approximate surface area is 161 Å². The van der Waals surface area contributed by atoms with E-state index < -0.39 is 10.0 Å². The molecule has 0 saturated carbocycles. The van der Waals surface area contributed by atoms with Gasteiger partial charge in [0.1, 0.15) is 0 Å². The second-order valence-electron chi connectivity index (χ2n) is 6.92. The van der Waals surface area contributed by atoms with Crippen LogP contribution in [0.2, 0.25) is 5.02 Å². The molecule has 3 rings (SSSR count). The Hall–Kier alpha value is -1.40. The van der Waals surface area contributed by atoms with Crippen molar-refractivity contribution in [2.75, 3.05) is 19.6 Å². The van der Waals surface area contributed by atoms with Crippen LogP contribution < -0.4 is 4.72 Å². The molecule has 0 aliphatic carbocycles. The molecular formula is C20H25ClN2O2S. The fraction of sp³-hybridized carbons (Fsp3) is 0.400. The van der Waals surface area contributed by atoms with Crippen LogP contribution in [0.25, 0.3) is 0 Å². The van der Waals surface area contributed by atoms with E-state index in [9.17, 15) is 8.42 Å². The van der Waals surface area contributed by atoms with Gasteiger partial charge in [-0.3, -0.25) is 4.90 Å². The summed E-state index contributed by atoms with van der Waals surface area (Å²) in [5.74, 6) is 0.372. The van der Waals surface area contributed by atoms with Crippen molar-refractivity contribution < 1.29 is 8.42 Å². The van der Waals surface area contributed by atoms with Crippen LogP contribution in [0.1, 0.15) is 24.0 Å². The maximum atomic E-state index is 12.6. The molecule has 0 unspecified atom stereocenters. The lowest BCUT2D eigenvalue weighted by Crippen LogP contribution is -2.38. The van der Waals surface area contributed by atoms with Crippen molar-refractivity contribution in [3.8, 4) is 0 Å². The van der Waals surface area contributed by atoms with Crippen LogP contribution in [0.5, 0.6) is 0 Å². The Morgan fingerprint density at radius 2 is 1.77 bits per heavy atom. The SMILES string of the molecule is Cc1c(Cl)cccc1S(=O)(=O)NCC1CCN(Cc2ccccc2)CC1. The quantitative estimate of drug-likeness (QED) is 0.812. The van der Waals surface area contributed by atoms with Crippen molar-refractivity contribution in [1.29, 1.82) is 0 Å². The fourth-order valence-corrected chi connectivity index (χ4v) is 4.99. The van der Waals surface area contributed by atoms with Crippen molar-refractivity contribution in [2.45, 2.75) is 31.2 Å². The Morgan fingerprint density at radius 3 is 2.46 bits per heavy atom. The third-order valence-corrected chi connectivity index (χ3v) is 7.00. The number of nitrogens with one attached hydrogen (secondary N) is 1. The predicted molar refractivity (Wildman–Crippen MR) is 106 cm³/mol. The average molecular weight is 393 g/mol. The predicted octanol–water partition coefficient (Wildman–Crippen LogP) is 3.84. The van der Waals surface area contributed by atoms with Crippen LogP contribution in [0, 0.1) is 12.8 Å². The third kappa shape index (κ3) is 4.86. The highest BCUT2D eigenvalue weighted by atomic mass is 35.5. The molecule has 1 heterocycles. The normalized spacial score (nSPS) is 16.7. The lowest BCUT2D eigenvalue weighted by molar-refractivity contribution is 0.178. The smallest absolute Gasteiger partial charge is 0.240 e. The highest BCUT2D eigenvalue weighted by Gasteiger charge is 2.23. The minimum absolute atomic E-state index is 0.270. The van der Waals surface area contributed by atoms with E-state index in [2.05, 4.69) is 33.9 Å². The second kappa shape index (κ2) is 8.53. The molecule has 4 nitrogen and oxygen atoms in total. The third-order valence-electron chi connectivity index (χ3n) is 5.03. The van der Waals surface area contributed by atoms with E-state index in [1.165, 1.54) is 5.56 Å². The first-order chi connectivity index (χ1) is 12.5. The molecule has 26 heavy (non-hydrogen) atoms. The first-order valence-corrected chi connectivity index (χ1v) is 10.8. The summed E-state index contributed by atoms with van der Waals surface area (Å²) in [7, 11) is -3.52. The van der Waals surface area contributed by atoms with Gasteiger partial charge in [0.2, 0.25) is 10.0 Å². The van der Waals surface area contributed by atoms with Crippen LogP contribution in [0.4, 0.5) is 0 Å². The first-order valence-electron chi connectivity index (χ1n) is 8.97. The molecule has 1 saturated heterocycles. The molecule has 1 N–H and O–H groups in total.